The maximum atomic E-state index is 5.80. The summed E-state index contributed by atoms with van der Waals surface area (Å²) in [6, 6.07) is 10.3. The zero-order valence-corrected chi connectivity index (χ0v) is 13.2. The summed E-state index contributed by atoms with van der Waals surface area (Å²) in [6.07, 6.45) is 7.24. The fourth-order valence-electron chi connectivity index (χ4n) is 1.84. The highest BCUT2D eigenvalue weighted by Gasteiger charge is 1.98. The maximum absolute atomic E-state index is 5.80. The maximum Gasteiger partial charge on any atom is 0.119 e. The van der Waals surface area contributed by atoms with Crippen molar-refractivity contribution in [3.63, 3.8) is 0 Å². The second kappa shape index (κ2) is 12.6. The number of para-hydroxylation sites is 1. The van der Waals surface area contributed by atoms with Gasteiger partial charge in [0, 0.05) is 11.8 Å². The third kappa shape index (κ3) is 10.1. The zero-order valence-electron chi connectivity index (χ0n) is 11.5. The number of unbranched alkanes of at least 4 members (excludes halogenated alkanes) is 4. The van der Waals surface area contributed by atoms with Crippen LogP contribution in [-0.4, -0.2) is 18.4 Å². The van der Waals surface area contributed by atoms with Gasteiger partial charge in [0.1, 0.15) is 5.75 Å². The quantitative estimate of drug-likeness (QED) is 0.504. The summed E-state index contributed by atoms with van der Waals surface area (Å²) < 4.78 is 5.64. The molecule has 1 aromatic carbocycles. The third-order valence-corrected chi connectivity index (χ3v) is 3.43. The van der Waals surface area contributed by atoms with Crippen molar-refractivity contribution in [2.75, 3.05) is 12.4 Å². The highest BCUT2D eigenvalue weighted by Crippen LogP contribution is 2.11. The molecule has 0 radical (unpaired) electrons. The summed E-state index contributed by atoms with van der Waals surface area (Å²) in [7, 11) is 0. The molecule has 110 valence electrons. The molecular formula is C15H26ClNOS. The molecule has 0 heterocycles. The first kappa shape index (κ1) is 18.6. The molecule has 0 amide bonds. The molecule has 1 rings (SSSR count). The van der Waals surface area contributed by atoms with E-state index in [2.05, 4.69) is 12.6 Å². The number of halogens is 1. The van der Waals surface area contributed by atoms with Crippen LogP contribution in [0.5, 0.6) is 5.75 Å². The minimum Gasteiger partial charge on any atom is -0.494 e. The molecule has 0 aliphatic rings. The summed E-state index contributed by atoms with van der Waals surface area (Å²) in [5.74, 6) is 1.77. The Kier molecular flexibility index (Phi) is 12.4. The molecule has 0 saturated carbocycles. The summed E-state index contributed by atoms with van der Waals surface area (Å²) in [5, 5.41) is 0. The van der Waals surface area contributed by atoms with E-state index in [1.165, 1.54) is 25.7 Å². The molecule has 2 N–H and O–H groups in total. The topological polar surface area (TPSA) is 35.2 Å². The molecular weight excluding hydrogens is 278 g/mol. The minimum absolute atomic E-state index is 0. The molecule has 0 aliphatic carbocycles. The van der Waals surface area contributed by atoms with Crippen LogP contribution in [0.3, 0.4) is 0 Å². The van der Waals surface area contributed by atoms with Gasteiger partial charge < -0.3 is 10.5 Å². The second-order valence-corrected chi connectivity index (χ2v) is 5.03. The van der Waals surface area contributed by atoms with Crippen LogP contribution < -0.4 is 10.5 Å². The van der Waals surface area contributed by atoms with Gasteiger partial charge in [0.25, 0.3) is 0 Å². The fourth-order valence-corrected chi connectivity index (χ4v) is 2.02. The van der Waals surface area contributed by atoms with Gasteiger partial charge in [0.05, 0.1) is 6.61 Å². The van der Waals surface area contributed by atoms with Crippen molar-refractivity contribution in [2.45, 2.75) is 44.6 Å². The van der Waals surface area contributed by atoms with Gasteiger partial charge in [-0.3, -0.25) is 0 Å². The summed E-state index contributed by atoms with van der Waals surface area (Å²) >= 11 is 4.18. The highest BCUT2D eigenvalue weighted by atomic mass is 35.5. The number of thiol groups is 1. The average molecular weight is 304 g/mol. The Morgan fingerprint density at radius 1 is 1.00 bits per heavy atom. The fraction of sp³-hybridized carbons (Fsp3) is 0.600. The number of nitrogens with two attached hydrogens (primary N) is 1. The van der Waals surface area contributed by atoms with Gasteiger partial charge in [0.2, 0.25) is 0 Å². The van der Waals surface area contributed by atoms with Crippen LogP contribution in [0.1, 0.15) is 38.5 Å². The highest BCUT2D eigenvalue weighted by molar-refractivity contribution is 7.80. The third-order valence-electron chi connectivity index (χ3n) is 2.97. The Balaban J connectivity index is 0.00000324. The largest absolute Gasteiger partial charge is 0.494 e. The van der Waals surface area contributed by atoms with Crippen molar-refractivity contribution in [1.82, 2.24) is 0 Å². The molecule has 2 nitrogen and oxygen atoms in total. The number of ether oxygens (including phenoxy) is 1. The molecule has 0 bridgehead atoms. The molecule has 1 unspecified atom stereocenters. The van der Waals surface area contributed by atoms with E-state index in [-0.39, 0.29) is 18.4 Å². The van der Waals surface area contributed by atoms with Crippen LogP contribution in [0.15, 0.2) is 30.3 Å². The van der Waals surface area contributed by atoms with Crippen molar-refractivity contribution in [2.24, 2.45) is 5.73 Å². The summed E-state index contributed by atoms with van der Waals surface area (Å²) in [6.45, 7) is 0.820. The van der Waals surface area contributed by atoms with Gasteiger partial charge in [-0.1, -0.05) is 43.9 Å². The first-order valence-electron chi connectivity index (χ1n) is 6.87. The van der Waals surface area contributed by atoms with Gasteiger partial charge in [-0.25, -0.2) is 0 Å². The van der Waals surface area contributed by atoms with Gasteiger partial charge in [0.15, 0.2) is 0 Å². The predicted molar refractivity (Wildman–Crippen MR) is 88.7 cm³/mol. The lowest BCUT2D eigenvalue weighted by molar-refractivity contribution is 0.304. The normalized spacial score (nSPS) is 11.7. The van der Waals surface area contributed by atoms with Crippen molar-refractivity contribution in [3.8, 4) is 5.75 Å². The lowest BCUT2D eigenvalue weighted by Crippen LogP contribution is -2.21. The summed E-state index contributed by atoms with van der Waals surface area (Å²) in [4.78, 5) is 0. The summed E-state index contributed by atoms with van der Waals surface area (Å²) in [5.41, 5.74) is 5.80. The van der Waals surface area contributed by atoms with Crippen LogP contribution in [0.4, 0.5) is 0 Å². The standard InChI is InChI=1S/C15H25NOS.ClH/c16-14(13-18)9-5-2-1-3-8-12-17-15-10-6-4-7-11-15;/h4,6-7,10-11,14,18H,1-3,5,8-9,12-13,16H2;1H. The van der Waals surface area contributed by atoms with Gasteiger partial charge in [-0.15, -0.1) is 12.4 Å². The molecule has 19 heavy (non-hydrogen) atoms. The first-order valence-corrected chi connectivity index (χ1v) is 7.50. The number of rotatable bonds is 10. The first-order chi connectivity index (χ1) is 8.83. The molecule has 0 aliphatic heterocycles. The van der Waals surface area contributed by atoms with Crippen molar-refractivity contribution in [3.05, 3.63) is 30.3 Å². The van der Waals surface area contributed by atoms with E-state index in [4.69, 9.17) is 10.5 Å². The van der Waals surface area contributed by atoms with Gasteiger partial charge >= 0.3 is 0 Å². The molecule has 1 atom stereocenters. The molecule has 0 spiro atoms. The van der Waals surface area contributed by atoms with Crippen molar-refractivity contribution >= 4 is 25.0 Å². The molecule has 4 heteroatoms. The van der Waals surface area contributed by atoms with E-state index in [1.54, 1.807) is 0 Å². The Bertz CT molecular complexity index is 297. The lowest BCUT2D eigenvalue weighted by Gasteiger charge is -2.08. The Hall–Kier alpha value is -0.380. The Labute approximate surface area is 128 Å². The molecule has 1 aromatic rings. The van der Waals surface area contributed by atoms with Gasteiger partial charge in [-0.2, -0.15) is 12.6 Å². The predicted octanol–water partition coefficient (Wildman–Crippen LogP) is 4.08. The van der Waals surface area contributed by atoms with Crippen LogP contribution in [0.25, 0.3) is 0 Å². The van der Waals surface area contributed by atoms with E-state index in [0.29, 0.717) is 0 Å². The van der Waals surface area contributed by atoms with Crippen LogP contribution in [0, 0.1) is 0 Å². The molecule has 0 fully saturated rings. The van der Waals surface area contributed by atoms with Crippen LogP contribution in [0.2, 0.25) is 0 Å². The Morgan fingerprint density at radius 3 is 2.32 bits per heavy atom. The number of hydrogen-bond acceptors (Lipinski definition) is 3. The van der Waals surface area contributed by atoms with Crippen molar-refractivity contribution < 1.29 is 4.74 Å². The zero-order chi connectivity index (χ0) is 13.1. The van der Waals surface area contributed by atoms with E-state index in [1.807, 2.05) is 30.3 Å². The van der Waals surface area contributed by atoms with Crippen molar-refractivity contribution in [1.29, 1.82) is 0 Å². The van der Waals surface area contributed by atoms with E-state index < -0.39 is 0 Å². The van der Waals surface area contributed by atoms with E-state index in [0.717, 1.165) is 31.0 Å². The van der Waals surface area contributed by atoms with Gasteiger partial charge in [-0.05, 0) is 25.0 Å². The number of hydrogen-bond donors (Lipinski definition) is 2. The molecule has 0 aromatic heterocycles. The van der Waals surface area contributed by atoms with Crippen LogP contribution >= 0.6 is 25.0 Å². The monoisotopic (exact) mass is 303 g/mol. The smallest absolute Gasteiger partial charge is 0.119 e. The second-order valence-electron chi connectivity index (χ2n) is 4.66. The van der Waals surface area contributed by atoms with E-state index >= 15 is 0 Å². The average Bonchev–Trinajstić information content (AvgIpc) is 2.42. The van der Waals surface area contributed by atoms with Crippen LogP contribution in [-0.2, 0) is 0 Å². The van der Waals surface area contributed by atoms with E-state index in [9.17, 15) is 0 Å². The lowest BCUT2D eigenvalue weighted by atomic mass is 10.1. The molecule has 0 saturated heterocycles. The SMILES string of the molecule is Cl.NC(CS)CCCCCCCOc1ccccc1. The number of benzene rings is 1. The Morgan fingerprint density at radius 2 is 1.63 bits per heavy atom. The minimum atomic E-state index is 0.